The summed E-state index contributed by atoms with van der Waals surface area (Å²) in [6, 6.07) is 9.16. The Kier molecular flexibility index (Phi) is 5.24. The number of ketones is 1. The molecule has 3 nitrogen and oxygen atoms in total. The molecule has 0 aliphatic rings. The third-order valence-electron chi connectivity index (χ3n) is 2.81. The Labute approximate surface area is 155 Å². The second kappa shape index (κ2) is 7.20. The predicted molar refractivity (Wildman–Crippen MR) is 95.4 cm³/mol. The van der Waals surface area contributed by atoms with Crippen molar-refractivity contribution in [1.29, 1.82) is 0 Å². The van der Waals surface area contributed by atoms with E-state index < -0.39 is 0 Å². The van der Waals surface area contributed by atoms with Crippen molar-refractivity contribution in [3.8, 4) is 0 Å². The number of benzene rings is 1. The molecule has 0 saturated heterocycles. The second-order valence-electron chi connectivity index (χ2n) is 4.36. The number of aromatic nitrogens is 2. The van der Waals surface area contributed by atoms with Crippen molar-refractivity contribution in [1.82, 2.24) is 9.97 Å². The van der Waals surface area contributed by atoms with E-state index in [0.717, 1.165) is 9.79 Å². The number of hydrogen-bond donors (Lipinski definition) is 0. The van der Waals surface area contributed by atoms with Crippen LogP contribution in [0, 0.1) is 0 Å². The van der Waals surface area contributed by atoms with Crippen LogP contribution in [0.25, 0.3) is 0 Å². The van der Waals surface area contributed by atoms with E-state index in [-0.39, 0.29) is 16.5 Å². The highest BCUT2D eigenvalue weighted by Gasteiger charge is 2.19. The highest BCUT2D eigenvalue weighted by Crippen LogP contribution is 2.40. The largest absolute Gasteiger partial charge is 0.288 e. The van der Waals surface area contributed by atoms with Crippen LogP contribution in [0.5, 0.6) is 0 Å². The van der Waals surface area contributed by atoms with Crippen molar-refractivity contribution >= 4 is 63.7 Å². The first-order valence-corrected chi connectivity index (χ1v) is 9.04. The smallest absolute Gasteiger partial charge is 0.207 e. The Balaban J connectivity index is 1.89. The topological polar surface area (TPSA) is 42.9 Å². The van der Waals surface area contributed by atoms with Gasteiger partial charge in [-0.25, -0.2) is 9.97 Å². The fraction of sp³-hybridized carbons (Fsp3) is 0. The van der Waals surface area contributed by atoms with E-state index in [1.165, 1.54) is 35.6 Å². The first-order chi connectivity index (χ1) is 11.0. The summed E-state index contributed by atoms with van der Waals surface area (Å²) in [7, 11) is 0. The van der Waals surface area contributed by atoms with Crippen molar-refractivity contribution in [2.75, 3.05) is 0 Å². The molecule has 0 unspecified atom stereocenters. The van der Waals surface area contributed by atoms with Gasteiger partial charge in [0.05, 0.1) is 10.4 Å². The molecule has 0 amide bonds. The zero-order valence-corrected chi connectivity index (χ0v) is 15.2. The third-order valence-corrected chi connectivity index (χ3v) is 5.98. The molecule has 116 valence electrons. The number of halogens is 3. The van der Waals surface area contributed by atoms with E-state index in [1.807, 2.05) is 18.2 Å². The number of nitrogens with zero attached hydrogens (tertiary/aromatic N) is 2. The minimum absolute atomic E-state index is 0.124. The average molecular weight is 402 g/mol. The molecule has 3 rings (SSSR count). The molecular formula is C15H7Cl3N2OS2. The van der Waals surface area contributed by atoms with Gasteiger partial charge in [0.1, 0.15) is 15.8 Å². The number of carbonyl (C=O) groups excluding carboxylic acids is 1. The van der Waals surface area contributed by atoms with Gasteiger partial charge in [-0.1, -0.05) is 52.6 Å². The molecular weight excluding hydrogens is 395 g/mol. The summed E-state index contributed by atoms with van der Waals surface area (Å²) in [4.78, 5) is 22.4. The summed E-state index contributed by atoms with van der Waals surface area (Å²) in [6.45, 7) is 0. The molecule has 23 heavy (non-hydrogen) atoms. The monoisotopic (exact) mass is 400 g/mol. The molecule has 0 aliphatic heterocycles. The summed E-state index contributed by atoms with van der Waals surface area (Å²) >= 11 is 20.8. The molecule has 0 bridgehead atoms. The van der Waals surface area contributed by atoms with Crippen molar-refractivity contribution in [3.05, 3.63) is 67.8 Å². The maximum absolute atomic E-state index is 12.5. The maximum atomic E-state index is 12.5. The number of thiophene rings is 1. The van der Waals surface area contributed by atoms with Gasteiger partial charge in [0.2, 0.25) is 5.78 Å². The van der Waals surface area contributed by atoms with E-state index in [1.54, 1.807) is 12.1 Å². The molecule has 8 heteroatoms. The van der Waals surface area contributed by atoms with Gasteiger partial charge in [-0.15, -0.1) is 11.3 Å². The summed E-state index contributed by atoms with van der Waals surface area (Å²) < 4.78 is 0.534. The lowest BCUT2D eigenvalue weighted by atomic mass is 10.2. The van der Waals surface area contributed by atoms with Crippen LogP contribution in [0.4, 0.5) is 0 Å². The van der Waals surface area contributed by atoms with Crippen molar-refractivity contribution in [3.63, 3.8) is 0 Å². The van der Waals surface area contributed by atoms with E-state index in [9.17, 15) is 4.79 Å². The van der Waals surface area contributed by atoms with Crippen molar-refractivity contribution in [2.45, 2.75) is 9.79 Å². The van der Waals surface area contributed by atoms with E-state index >= 15 is 0 Å². The quantitative estimate of drug-likeness (QED) is 0.404. The molecule has 2 heterocycles. The Morgan fingerprint density at radius 1 is 1.17 bits per heavy atom. The van der Waals surface area contributed by atoms with Gasteiger partial charge >= 0.3 is 0 Å². The van der Waals surface area contributed by atoms with Gasteiger partial charge in [-0.3, -0.25) is 4.79 Å². The van der Waals surface area contributed by atoms with Crippen LogP contribution >= 0.6 is 57.9 Å². The van der Waals surface area contributed by atoms with E-state index in [4.69, 9.17) is 34.8 Å². The van der Waals surface area contributed by atoms with Crippen molar-refractivity contribution < 1.29 is 4.79 Å². The molecule has 2 aromatic heterocycles. The number of rotatable bonds is 4. The Morgan fingerprint density at radius 2 is 2.00 bits per heavy atom. The minimum Gasteiger partial charge on any atom is -0.288 e. The zero-order valence-electron chi connectivity index (χ0n) is 11.3. The molecule has 1 aromatic carbocycles. The van der Waals surface area contributed by atoms with Gasteiger partial charge in [-0.05, 0) is 24.3 Å². The lowest BCUT2D eigenvalue weighted by molar-refractivity contribution is 0.104. The fourth-order valence-electron chi connectivity index (χ4n) is 1.79. The lowest BCUT2D eigenvalue weighted by Gasteiger charge is -2.00. The standard InChI is InChI=1S/C15H7Cl3N2OS2/c16-8-2-1-3-9(4-8)22-12-5-11(23-15(12)18)13(21)10-6-19-7-20-14(10)17/h1-7H. The summed E-state index contributed by atoms with van der Waals surface area (Å²) in [5.74, 6) is -0.250. The van der Waals surface area contributed by atoms with Crippen LogP contribution in [-0.2, 0) is 0 Å². The summed E-state index contributed by atoms with van der Waals surface area (Å²) in [5.41, 5.74) is 0.256. The molecule has 0 atom stereocenters. The van der Waals surface area contributed by atoms with E-state index in [2.05, 4.69) is 9.97 Å². The normalized spacial score (nSPS) is 10.7. The maximum Gasteiger partial charge on any atom is 0.207 e. The molecule has 0 saturated carbocycles. The van der Waals surface area contributed by atoms with Gasteiger partial charge in [-0.2, -0.15) is 0 Å². The number of hydrogen-bond acceptors (Lipinski definition) is 5. The van der Waals surface area contributed by atoms with Crippen LogP contribution in [0.2, 0.25) is 14.5 Å². The molecule has 3 aromatic rings. The zero-order chi connectivity index (χ0) is 16.4. The molecule has 0 radical (unpaired) electrons. The van der Waals surface area contributed by atoms with Gasteiger partial charge in [0, 0.05) is 21.0 Å². The third kappa shape index (κ3) is 3.87. The number of carbonyl (C=O) groups is 1. The highest BCUT2D eigenvalue weighted by molar-refractivity contribution is 7.99. The minimum atomic E-state index is -0.250. The van der Waals surface area contributed by atoms with Crippen LogP contribution in [0.15, 0.2) is 52.6 Å². The van der Waals surface area contributed by atoms with Crippen LogP contribution in [-0.4, -0.2) is 15.8 Å². The second-order valence-corrected chi connectivity index (χ2v) is 7.93. The molecule has 0 fully saturated rings. The Bertz CT molecular complexity index is 883. The van der Waals surface area contributed by atoms with Gasteiger partial charge in [0.15, 0.2) is 0 Å². The SMILES string of the molecule is O=C(c1cc(Sc2cccc(Cl)c2)c(Cl)s1)c1cncnc1Cl. The lowest BCUT2D eigenvalue weighted by Crippen LogP contribution is -2.01. The average Bonchev–Trinajstić information content (AvgIpc) is 2.88. The highest BCUT2D eigenvalue weighted by atomic mass is 35.5. The fourth-order valence-corrected chi connectivity index (χ4v) is 4.54. The Morgan fingerprint density at radius 3 is 2.74 bits per heavy atom. The van der Waals surface area contributed by atoms with Crippen LogP contribution < -0.4 is 0 Å². The van der Waals surface area contributed by atoms with Gasteiger partial charge in [0.25, 0.3) is 0 Å². The van der Waals surface area contributed by atoms with Crippen molar-refractivity contribution in [2.24, 2.45) is 0 Å². The van der Waals surface area contributed by atoms with Gasteiger partial charge < -0.3 is 0 Å². The molecule has 0 spiro atoms. The van der Waals surface area contributed by atoms with E-state index in [0.29, 0.717) is 14.2 Å². The van der Waals surface area contributed by atoms with Crippen LogP contribution in [0.1, 0.15) is 15.2 Å². The molecule has 0 aliphatic carbocycles. The summed E-state index contributed by atoms with van der Waals surface area (Å²) in [5, 5.41) is 0.768. The summed E-state index contributed by atoms with van der Waals surface area (Å²) in [6.07, 6.45) is 2.69. The Hall–Kier alpha value is -1.11. The first-order valence-electron chi connectivity index (χ1n) is 6.27. The molecule has 0 N–H and O–H groups in total. The van der Waals surface area contributed by atoms with Crippen LogP contribution in [0.3, 0.4) is 0 Å². The predicted octanol–water partition coefficient (Wildman–Crippen LogP) is 5.88. The first kappa shape index (κ1) is 16.7.